The molecule has 3 aromatic rings. The van der Waals surface area contributed by atoms with Crippen molar-refractivity contribution in [3.8, 4) is 0 Å². The van der Waals surface area contributed by atoms with Crippen molar-refractivity contribution in [3.63, 3.8) is 0 Å². The number of aromatic amines is 1. The second kappa shape index (κ2) is 8.39. The lowest BCUT2D eigenvalue weighted by Gasteiger charge is -2.46. The van der Waals surface area contributed by atoms with Gasteiger partial charge in [0.1, 0.15) is 6.61 Å². The van der Waals surface area contributed by atoms with Crippen molar-refractivity contribution in [1.82, 2.24) is 25.2 Å². The van der Waals surface area contributed by atoms with Gasteiger partial charge in [-0.05, 0) is 37.7 Å². The van der Waals surface area contributed by atoms with Crippen LogP contribution >= 0.6 is 0 Å². The topological polar surface area (TPSA) is 106 Å². The number of piperidine rings is 1. The van der Waals surface area contributed by atoms with Crippen LogP contribution in [0.1, 0.15) is 47.9 Å². The SMILES string of the molecule is COCc1noc(CC2CCOC3(CCN(C(=O)c4n[nH]c5ccccc45)CC3)C2)n1. The molecule has 2 fully saturated rings. The van der Waals surface area contributed by atoms with Gasteiger partial charge in [-0.1, -0.05) is 23.4 Å². The molecule has 0 saturated carbocycles. The number of methoxy groups -OCH3 is 1. The van der Waals surface area contributed by atoms with Gasteiger partial charge in [-0.3, -0.25) is 9.89 Å². The number of hydrogen-bond acceptors (Lipinski definition) is 7. The van der Waals surface area contributed by atoms with Crippen molar-refractivity contribution in [2.24, 2.45) is 5.92 Å². The number of rotatable bonds is 5. The predicted molar refractivity (Wildman–Crippen MR) is 111 cm³/mol. The number of benzene rings is 1. The standard InChI is InChI=1S/C22H27N5O4/c1-29-14-18-23-19(31-26-18)12-15-6-11-30-22(13-15)7-9-27(10-8-22)21(28)20-16-4-2-3-5-17(16)24-25-20/h2-5,15H,6-14H2,1H3,(H,24,25). The van der Waals surface area contributed by atoms with Crippen LogP contribution in [0, 0.1) is 5.92 Å². The Morgan fingerprint density at radius 2 is 2.16 bits per heavy atom. The summed E-state index contributed by atoms with van der Waals surface area (Å²) in [5.41, 5.74) is 1.20. The van der Waals surface area contributed by atoms with E-state index in [4.69, 9.17) is 14.0 Å². The van der Waals surface area contributed by atoms with E-state index < -0.39 is 0 Å². The first-order valence-electron chi connectivity index (χ1n) is 10.8. The quantitative estimate of drug-likeness (QED) is 0.670. The minimum absolute atomic E-state index is 0.0174. The molecule has 1 unspecified atom stereocenters. The molecule has 2 aliphatic heterocycles. The second-order valence-electron chi connectivity index (χ2n) is 8.54. The molecule has 1 amide bonds. The molecule has 5 rings (SSSR count). The molecular weight excluding hydrogens is 398 g/mol. The van der Waals surface area contributed by atoms with Crippen molar-refractivity contribution >= 4 is 16.8 Å². The van der Waals surface area contributed by atoms with Gasteiger partial charge in [0.05, 0.1) is 11.1 Å². The van der Waals surface area contributed by atoms with Gasteiger partial charge in [0.2, 0.25) is 5.89 Å². The fourth-order valence-corrected chi connectivity index (χ4v) is 4.85. The van der Waals surface area contributed by atoms with Gasteiger partial charge in [0.25, 0.3) is 5.91 Å². The number of nitrogens with zero attached hydrogens (tertiary/aromatic N) is 4. The van der Waals surface area contributed by atoms with Gasteiger partial charge in [-0.15, -0.1) is 0 Å². The molecule has 164 valence electrons. The molecule has 9 nitrogen and oxygen atoms in total. The minimum Gasteiger partial charge on any atom is -0.377 e. The van der Waals surface area contributed by atoms with Crippen molar-refractivity contribution in [2.75, 3.05) is 26.8 Å². The highest BCUT2D eigenvalue weighted by Crippen LogP contribution is 2.39. The Hall–Kier alpha value is -2.78. The Morgan fingerprint density at radius 3 is 3.00 bits per heavy atom. The zero-order valence-corrected chi connectivity index (χ0v) is 17.7. The van der Waals surface area contributed by atoms with Crippen molar-refractivity contribution in [1.29, 1.82) is 0 Å². The maximum absolute atomic E-state index is 13.1. The Morgan fingerprint density at radius 1 is 1.32 bits per heavy atom. The maximum Gasteiger partial charge on any atom is 0.274 e. The fourth-order valence-electron chi connectivity index (χ4n) is 4.85. The zero-order valence-electron chi connectivity index (χ0n) is 17.7. The zero-order chi connectivity index (χ0) is 21.3. The normalized spacial score (nSPS) is 21.1. The van der Waals surface area contributed by atoms with Gasteiger partial charge >= 0.3 is 0 Å². The number of para-hydroxylation sites is 1. The highest BCUT2D eigenvalue weighted by atomic mass is 16.5. The van der Waals surface area contributed by atoms with E-state index in [-0.39, 0.29) is 11.5 Å². The minimum atomic E-state index is -0.178. The van der Waals surface area contributed by atoms with Crippen LogP contribution in [0.3, 0.4) is 0 Å². The molecule has 2 aliphatic rings. The summed E-state index contributed by atoms with van der Waals surface area (Å²) in [5.74, 6) is 1.66. The average molecular weight is 425 g/mol. The van der Waals surface area contributed by atoms with Gasteiger partial charge in [0, 0.05) is 38.6 Å². The van der Waals surface area contributed by atoms with Crippen LogP contribution in [0.5, 0.6) is 0 Å². The Labute approximate surface area is 180 Å². The van der Waals surface area contributed by atoms with Gasteiger partial charge in [0.15, 0.2) is 11.5 Å². The third kappa shape index (κ3) is 4.07. The number of aromatic nitrogens is 4. The number of hydrogen-bond donors (Lipinski definition) is 1. The lowest BCUT2D eigenvalue weighted by Crippen LogP contribution is -2.51. The monoisotopic (exact) mass is 425 g/mol. The van der Waals surface area contributed by atoms with E-state index in [1.165, 1.54) is 0 Å². The molecule has 4 heterocycles. The molecule has 1 aromatic carbocycles. The Bertz CT molecular complexity index is 1050. The summed E-state index contributed by atoms with van der Waals surface area (Å²) < 4.78 is 16.7. The molecule has 31 heavy (non-hydrogen) atoms. The van der Waals surface area contributed by atoms with E-state index in [0.29, 0.717) is 43.0 Å². The van der Waals surface area contributed by atoms with E-state index >= 15 is 0 Å². The van der Waals surface area contributed by atoms with Crippen molar-refractivity contribution < 1.29 is 18.8 Å². The number of nitrogens with one attached hydrogen (secondary N) is 1. The van der Waals surface area contributed by atoms with E-state index in [1.54, 1.807) is 7.11 Å². The maximum atomic E-state index is 13.1. The number of fused-ring (bicyclic) bond motifs is 1. The van der Waals surface area contributed by atoms with Crippen LogP contribution in [0.2, 0.25) is 0 Å². The molecule has 0 bridgehead atoms. The molecule has 2 saturated heterocycles. The van der Waals surface area contributed by atoms with E-state index in [1.807, 2.05) is 29.2 Å². The van der Waals surface area contributed by atoms with Gasteiger partial charge in [-0.2, -0.15) is 10.1 Å². The van der Waals surface area contributed by atoms with Crippen LogP contribution < -0.4 is 0 Å². The van der Waals surface area contributed by atoms with Crippen LogP contribution in [0.4, 0.5) is 0 Å². The first-order valence-corrected chi connectivity index (χ1v) is 10.8. The third-order valence-corrected chi connectivity index (χ3v) is 6.48. The molecule has 0 aliphatic carbocycles. The lowest BCUT2D eigenvalue weighted by atomic mass is 9.78. The number of carbonyl (C=O) groups excluding carboxylic acids is 1. The molecule has 1 spiro atoms. The summed E-state index contributed by atoms with van der Waals surface area (Å²) in [6, 6.07) is 7.73. The smallest absolute Gasteiger partial charge is 0.274 e. The Balaban J connectivity index is 1.21. The van der Waals surface area contributed by atoms with Gasteiger partial charge < -0.3 is 18.9 Å². The fraction of sp³-hybridized carbons (Fsp3) is 0.545. The summed E-state index contributed by atoms with van der Waals surface area (Å²) in [6.45, 7) is 2.43. The highest BCUT2D eigenvalue weighted by molar-refractivity contribution is 6.04. The van der Waals surface area contributed by atoms with Crippen LogP contribution in [-0.2, 0) is 22.5 Å². The summed E-state index contributed by atoms with van der Waals surface area (Å²) >= 11 is 0. The lowest BCUT2D eigenvalue weighted by molar-refractivity contribution is -0.124. The third-order valence-electron chi connectivity index (χ3n) is 6.48. The van der Waals surface area contributed by atoms with E-state index in [0.717, 1.165) is 49.6 Å². The first-order chi connectivity index (χ1) is 15.2. The van der Waals surface area contributed by atoms with Gasteiger partial charge in [-0.25, -0.2) is 0 Å². The number of amides is 1. The van der Waals surface area contributed by atoms with Crippen molar-refractivity contribution in [2.45, 2.75) is 44.3 Å². The molecular formula is C22H27N5O4. The molecule has 2 aromatic heterocycles. The van der Waals surface area contributed by atoms with Crippen molar-refractivity contribution in [3.05, 3.63) is 41.7 Å². The second-order valence-corrected chi connectivity index (χ2v) is 8.54. The first kappa shape index (κ1) is 20.1. The largest absolute Gasteiger partial charge is 0.377 e. The Kier molecular flexibility index (Phi) is 5.45. The summed E-state index contributed by atoms with van der Waals surface area (Å²) in [7, 11) is 1.62. The highest BCUT2D eigenvalue weighted by Gasteiger charge is 2.42. The van der Waals surface area contributed by atoms with E-state index in [9.17, 15) is 4.79 Å². The number of likely N-dealkylation sites (tertiary alicyclic amines) is 1. The average Bonchev–Trinajstić information content (AvgIpc) is 3.41. The summed E-state index contributed by atoms with van der Waals surface area (Å²) in [4.78, 5) is 19.4. The summed E-state index contributed by atoms with van der Waals surface area (Å²) in [6.07, 6.45) is 4.34. The van der Waals surface area contributed by atoms with Crippen LogP contribution in [0.25, 0.3) is 10.9 Å². The molecule has 1 N–H and O–H groups in total. The van der Waals surface area contributed by atoms with Crippen LogP contribution in [0.15, 0.2) is 28.8 Å². The van der Waals surface area contributed by atoms with E-state index in [2.05, 4.69) is 20.3 Å². The number of H-pyrrole nitrogens is 1. The molecule has 9 heteroatoms. The molecule has 1 atom stereocenters. The number of ether oxygens (including phenoxy) is 2. The number of carbonyl (C=O) groups is 1. The summed E-state index contributed by atoms with van der Waals surface area (Å²) in [5, 5.41) is 12.0. The van der Waals surface area contributed by atoms with Crippen LogP contribution in [-0.4, -0.2) is 63.6 Å². The molecule has 0 radical (unpaired) electrons. The predicted octanol–water partition coefficient (Wildman–Crippen LogP) is 2.74.